The number of carbonyl (C=O) groups is 1. The van der Waals surface area contributed by atoms with Crippen molar-refractivity contribution in [1.29, 1.82) is 0 Å². The molecular weight excluding hydrogens is 330 g/mol. The lowest BCUT2D eigenvalue weighted by Crippen LogP contribution is -2.44. The average Bonchev–Trinajstić information content (AvgIpc) is 2.68. The maximum absolute atomic E-state index is 12.3. The number of likely N-dealkylation sites (tertiary alicyclic amines) is 1. The molecular formula is C20H25N3O3. The highest BCUT2D eigenvalue weighted by atomic mass is 16.5. The van der Waals surface area contributed by atoms with Crippen molar-refractivity contribution in [2.45, 2.75) is 25.8 Å². The third-order valence-corrected chi connectivity index (χ3v) is 4.68. The number of pyridine rings is 1. The molecule has 0 spiro atoms. The molecule has 1 aliphatic rings. The van der Waals surface area contributed by atoms with E-state index in [1.807, 2.05) is 24.0 Å². The van der Waals surface area contributed by atoms with Gasteiger partial charge in [0.15, 0.2) is 6.61 Å². The normalized spacial score (nSPS) is 16.2. The molecule has 1 aliphatic heterocycles. The summed E-state index contributed by atoms with van der Waals surface area (Å²) in [5.74, 6) is 2.36. The first-order chi connectivity index (χ1) is 12.6. The highest BCUT2D eigenvalue weighted by Gasteiger charge is 2.24. The first kappa shape index (κ1) is 18.2. The Hall–Kier alpha value is -2.60. The van der Waals surface area contributed by atoms with Crippen LogP contribution in [0.3, 0.4) is 0 Å². The fourth-order valence-corrected chi connectivity index (χ4v) is 3.04. The number of rotatable bonds is 6. The SMILES string of the molecule is CC(N)C1CCN(C(=O)COc2ccc(Oc3ccccn3)cc2)CC1. The van der Waals surface area contributed by atoms with Gasteiger partial charge in [-0.3, -0.25) is 4.79 Å². The zero-order valence-electron chi connectivity index (χ0n) is 15.0. The second-order valence-corrected chi connectivity index (χ2v) is 6.61. The number of carbonyl (C=O) groups excluding carboxylic acids is 1. The smallest absolute Gasteiger partial charge is 0.260 e. The predicted molar refractivity (Wildman–Crippen MR) is 99.2 cm³/mol. The largest absolute Gasteiger partial charge is 0.484 e. The van der Waals surface area contributed by atoms with Gasteiger partial charge in [-0.25, -0.2) is 4.98 Å². The first-order valence-corrected chi connectivity index (χ1v) is 8.97. The summed E-state index contributed by atoms with van der Waals surface area (Å²) in [6, 6.07) is 12.8. The molecule has 0 aliphatic carbocycles. The zero-order valence-corrected chi connectivity index (χ0v) is 15.0. The van der Waals surface area contributed by atoms with Crippen molar-refractivity contribution < 1.29 is 14.3 Å². The summed E-state index contributed by atoms with van der Waals surface area (Å²) in [4.78, 5) is 18.3. The average molecular weight is 355 g/mol. The van der Waals surface area contributed by atoms with Gasteiger partial charge in [0.2, 0.25) is 5.88 Å². The molecule has 2 aromatic rings. The Morgan fingerprint density at radius 3 is 2.50 bits per heavy atom. The molecule has 0 bridgehead atoms. The van der Waals surface area contributed by atoms with E-state index in [1.54, 1.807) is 36.5 Å². The fourth-order valence-electron chi connectivity index (χ4n) is 3.04. The Bertz CT molecular complexity index is 696. The van der Waals surface area contributed by atoms with Gasteiger partial charge in [-0.15, -0.1) is 0 Å². The number of benzene rings is 1. The number of aromatic nitrogens is 1. The molecule has 1 atom stereocenters. The summed E-state index contributed by atoms with van der Waals surface area (Å²) in [7, 11) is 0. The second-order valence-electron chi connectivity index (χ2n) is 6.61. The third kappa shape index (κ3) is 4.95. The van der Waals surface area contributed by atoms with E-state index in [9.17, 15) is 4.79 Å². The van der Waals surface area contributed by atoms with Crippen LogP contribution in [0, 0.1) is 5.92 Å². The molecule has 6 heteroatoms. The fraction of sp³-hybridized carbons (Fsp3) is 0.400. The minimum atomic E-state index is 0.0157. The van der Waals surface area contributed by atoms with E-state index in [4.69, 9.17) is 15.2 Å². The standard InChI is InChI=1S/C20H25N3O3/c1-15(21)16-9-12-23(13-10-16)20(24)14-25-17-5-7-18(8-6-17)26-19-4-2-3-11-22-19/h2-8,11,15-16H,9-10,12-14,21H2,1H3. The number of ether oxygens (including phenoxy) is 2. The third-order valence-electron chi connectivity index (χ3n) is 4.68. The Kier molecular flexibility index (Phi) is 6.07. The van der Waals surface area contributed by atoms with Crippen molar-refractivity contribution in [2.24, 2.45) is 11.7 Å². The van der Waals surface area contributed by atoms with E-state index in [2.05, 4.69) is 4.98 Å². The Labute approximate surface area is 153 Å². The van der Waals surface area contributed by atoms with E-state index in [0.29, 0.717) is 23.3 Å². The lowest BCUT2D eigenvalue weighted by atomic mass is 9.91. The molecule has 138 valence electrons. The molecule has 1 amide bonds. The number of nitrogens with two attached hydrogens (primary N) is 1. The molecule has 1 unspecified atom stereocenters. The van der Waals surface area contributed by atoms with E-state index >= 15 is 0 Å². The highest BCUT2D eigenvalue weighted by molar-refractivity contribution is 5.77. The van der Waals surface area contributed by atoms with Crippen LogP contribution in [0.1, 0.15) is 19.8 Å². The molecule has 26 heavy (non-hydrogen) atoms. The summed E-state index contributed by atoms with van der Waals surface area (Å²) in [6.45, 7) is 3.59. The number of amides is 1. The van der Waals surface area contributed by atoms with Crippen molar-refractivity contribution in [3.8, 4) is 17.4 Å². The van der Waals surface area contributed by atoms with Crippen LogP contribution in [0.5, 0.6) is 17.4 Å². The molecule has 0 radical (unpaired) electrons. The van der Waals surface area contributed by atoms with Gasteiger partial charge in [0.05, 0.1) is 0 Å². The minimum absolute atomic E-state index is 0.0157. The van der Waals surface area contributed by atoms with Crippen molar-refractivity contribution in [3.63, 3.8) is 0 Å². The molecule has 1 aromatic heterocycles. The first-order valence-electron chi connectivity index (χ1n) is 8.97. The summed E-state index contributed by atoms with van der Waals surface area (Å²) in [6.07, 6.45) is 3.60. The van der Waals surface area contributed by atoms with Crippen LogP contribution < -0.4 is 15.2 Å². The molecule has 2 N–H and O–H groups in total. The van der Waals surface area contributed by atoms with Crippen LogP contribution in [0.15, 0.2) is 48.7 Å². The van der Waals surface area contributed by atoms with Crippen molar-refractivity contribution >= 4 is 5.91 Å². The van der Waals surface area contributed by atoms with Gasteiger partial charge in [-0.2, -0.15) is 0 Å². The molecule has 1 saturated heterocycles. The zero-order chi connectivity index (χ0) is 18.4. The second kappa shape index (κ2) is 8.67. The van der Waals surface area contributed by atoms with Crippen molar-refractivity contribution in [3.05, 3.63) is 48.7 Å². The summed E-state index contributed by atoms with van der Waals surface area (Å²) >= 11 is 0. The van der Waals surface area contributed by atoms with Crippen LogP contribution >= 0.6 is 0 Å². The van der Waals surface area contributed by atoms with Gasteiger partial charge in [0.25, 0.3) is 5.91 Å². The Balaban J connectivity index is 1.45. The summed E-state index contributed by atoms with van der Waals surface area (Å²) < 4.78 is 11.2. The molecule has 2 heterocycles. The van der Waals surface area contributed by atoms with Gasteiger partial charge in [0.1, 0.15) is 11.5 Å². The lowest BCUT2D eigenvalue weighted by molar-refractivity contribution is -0.134. The van der Waals surface area contributed by atoms with Crippen LogP contribution in [-0.4, -0.2) is 41.5 Å². The van der Waals surface area contributed by atoms with Gasteiger partial charge in [0, 0.05) is 31.4 Å². The highest BCUT2D eigenvalue weighted by Crippen LogP contribution is 2.23. The number of hydrogen-bond donors (Lipinski definition) is 1. The topological polar surface area (TPSA) is 77.7 Å². The van der Waals surface area contributed by atoms with Crippen molar-refractivity contribution in [1.82, 2.24) is 9.88 Å². The number of nitrogens with zero attached hydrogens (tertiary/aromatic N) is 2. The maximum atomic E-state index is 12.3. The lowest BCUT2D eigenvalue weighted by Gasteiger charge is -2.33. The van der Waals surface area contributed by atoms with Crippen molar-refractivity contribution in [2.75, 3.05) is 19.7 Å². The Morgan fingerprint density at radius 2 is 1.88 bits per heavy atom. The summed E-state index contributed by atoms with van der Waals surface area (Å²) in [5.41, 5.74) is 5.94. The van der Waals surface area contributed by atoms with Gasteiger partial charge in [-0.05, 0) is 56.0 Å². The van der Waals surface area contributed by atoms with E-state index in [0.717, 1.165) is 25.9 Å². The van der Waals surface area contributed by atoms with Crippen LogP contribution in [0.4, 0.5) is 0 Å². The van der Waals surface area contributed by atoms with E-state index in [1.165, 1.54) is 0 Å². The quantitative estimate of drug-likeness (QED) is 0.862. The maximum Gasteiger partial charge on any atom is 0.260 e. The summed E-state index contributed by atoms with van der Waals surface area (Å²) in [5, 5.41) is 0. The van der Waals surface area contributed by atoms with Gasteiger partial charge < -0.3 is 20.1 Å². The van der Waals surface area contributed by atoms with Crippen LogP contribution in [-0.2, 0) is 4.79 Å². The van der Waals surface area contributed by atoms with Crippen LogP contribution in [0.2, 0.25) is 0 Å². The minimum Gasteiger partial charge on any atom is -0.484 e. The van der Waals surface area contributed by atoms with Gasteiger partial charge >= 0.3 is 0 Å². The van der Waals surface area contributed by atoms with E-state index in [-0.39, 0.29) is 18.6 Å². The Morgan fingerprint density at radius 1 is 1.19 bits per heavy atom. The van der Waals surface area contributed by atoms with Crippen LogP contribution in [0.25, 0.3) is 0 Å². The molecule has 0 saturated carbocycles. The molecule has 3 rings (SSSR count). The monoisotopic (exact) mass is 355 g/mol. The number of piperidine rings is 1. The van der Waals surface area contributed by atoms with E-state index < -0.39 is 0 Å². The predicted octanol–water partition coefficient (Wildman–Crippen LogP) is 2.84. The molecule has 1 fully saturated rings. The number of hydrogen-bond acceptors (Lipinski definition) is 5. The molecule has 6 nitrogen and oxygen atoms in total. The van der Waals surface area contributed by atoms with Gasteiger partial charge in [-0.1, -0.05) is 6.07 Å². The molecule has 1 aromatic carbocycles.